The molecular weight excluding hydrogens is 132 g/mol. The maximum Gasteiger partial charge on any atom is 0.293 e. The number of rotatable bonds is 1. The van der Waals surface area contributed by atoms with Gasteiger partial charge in [0.25, 0.3) is 5.12 Å². The highest BCUT2D eigenvalue weighted by molar-refractivity contribution is 7.97. The third kappa shape index (κ3) is 5.32. The summed E-state index contributed by atoms with van der Waals surface area (Å²) in [6.45, 7) is 3.98. The average Bonchev–Trinajstić information content (AvgIpc) is 1.83. The summed E-state index contributed by atoms with van der Waals surface area (Å²) in [6.07, 6.45) is 0.968. The van der Waals surface area contributed by atoms with E-state index in [2.05, 4.69) is 24.5 Å². The van der Waals surface area contributed by atoms with Crippen LogP contribution < -0.4 is 0 Å². The highest BCUT2D eigenvalue weighted by Crippen LogP contribution is 1.96. The smallest absolute Gasteiger partial charge is 0.267 e. The summed E-state index contributed by atoms with van der Waals surface area (Å²) in [4.78, 5) is 10.1. The average molecular weight is 141 g/mol. The second-order valence-corrected chi connectivity index (χ2v) is 2.24. The maximum atomic E-state index is 10.1. The van der Waals surface area contributed by atoms with Gasteiger partial charge in [-0.15, -0.1) is 0 Å². The molecule has 0 N–H and O–H groups in total. The largest absolute Gasteiger partial charge is 0.293 e. The lowest BCUT2D eigenvalue weighted by Gasteiger charge is -1.92. The van der Waals surface area contributed by atoms with Gasteiger partial charge >= 0.3 is 0 Å². The molecule has 1 unspecified atom stereocenters. The minimum atomic E-state index is -0.463. The van der Waals surface area contributed by atoms with Crippen LogP contribution in [0.25, 0.3) is 0 Å². The van der Waals surface area contributed by atoms with Gasteiger partial charge in [-0.05, 0) is 25.0 Å². The molecule has 0 aromatic carbocycles. The fraction of sp³-hybridized carbons (Fsp3) is 0.571. The van der Waals surface area contributed by atoms with Crippen molar-refractivity contribution >= 4 is 17.7 Å². The summed E-state index contributed by atoms with van der Waals surface area (Å²) in [5, 5.41) is -0.463. The Hall–Kier alpha value is -0.550. The van der Waals surface area contributed by atoms with Crippen molar-refractivity contribution < 1.29 is 4.79 Å². The molecule has 0 saturated carbocycles. The first kappa shape index (κ1) is 8.45. The molecule has 0 rings (SSSR count). The Labute approximate surface area is 61.2 Å². The van der Waals surface area contributed by atoms with E-state index in [9.17, 15) is 4.79 Å². The molecule has 0 fully saturated rings. The number of hydrogen-bond donors (Lipinski definition) is 0. The van der Waals surface area contributed by atoms with E-state index in [1.54, 1.807) is 0 Å². The van der Waals surface area contributed by atoms with Gasteiger partial charge < -0.3 is 0 Å². The van der Waals surface area contributed by atoms with Crippen molar-refractivity contribution in [2.24, 2.45) is 5.92 Å². The molecule has 0 aliphatic heterocycles. The van der Waals surface area contributed by atoms with Crippen LogP contribution in [0.3, 0.4) is 0 Å². The summed E-state index contributed by atoms with van der Waals surface area (Å²) in [5.74, 6) is 5.34. The SMILES string of the molecule is CCC(C)C#CC(=O)[S]. The molecule has 0 aromatic rings. The van der Waals surface area contributed by atoms with Gasteiger partial charge in [0, 0.05) is 5.92 Å². The fourth-order valence-electron chi connectivity index (χ4n) is 0.284. The van der Waals surface area contributed by atoms with Crippen molar-refractivity contribution in [3.05, 3.63) is 0 Å². The third-order valence-electron chi connectivity index (χ3n) is 1.03. The van der Waals surface area contributed by atoms with Gasteiger partial charge in [0.1, 0.15) is 0 Å². The molecule has 49 valence electrons. The van der Waals surface area contributed by atoms with E-state index in [1.165, 1.54) is 0 Å². The third-order valence-corrected chi connectivity index (χ3v) is 1.14. The topological polar surface area (TPSA) is 17.1 Å². The predicted octanol–water partition coefficient (Wildman–Crippen LogP) is 1.76. The van der Waals surface area contributed by atoms with Crippen LogP contribution in [0, 0.1) is 17.8 Å². The van der Waals surface area contributed by atoms with E-state index in [-0.39, 0.29) is 5.92 Å². The van der Waals surface area contributed by atoms with Crippen LogP contribution in [0.1, 0.15) is 20.3 Å². The summed E-state index contributed by atoms with van der Waals surface area (Å²) < 4.78 is 0. The van der Waals surface area contributed by atoms with E-state index >= 15 is 0 Å². The Bertz CT molecular complexity index is 152. The normalized spacial score (nSPS) is 11.3. The lowest BCUT2D eigenvalue weighted by atomic mass is 10.1. The van der Waals surface area contributed by atoms with Crippen LogP contribution in [0.2, 0.25) is 0 Å². The van der Waals surface area contributed by atoms with Gasteiger partial charge in [-0.2, -0.15) is 0 Å². The van der Waals surface area contributed by atoms with Gasteiger partial charge in [0.15, 0.2) is 0 Å². The monoisotopic (exact) mass is 141 g/mol. The molecule has 0 saturated heterocycles. The van der Waals surface area contributed by atoms with E-state index in [0.717, 1.165) is 6.42 Å². The summed E-state index contributed by atoms with van der Waals surface area (Å²) in [5.41, 5.74) is 0. The van der Waals surface area contributed by atoms with E-state index in [1.807, 2.05) is 13.8 Å². The number of carbonyl (C=O) groups is 1. The van der Waals surface area contributed by atoms with Crippen LogP contribution in [0.15, 0.2) is 0 Å². The second kappa shape index (κ2) is 4.34. The first-order valence-corrected chi connectivity index (χ1v) is 3.30. The summed E-state index contributed by atoms with van der Waals surface area (Å²) in [7, 11) is 0. The van der Waals surface area contributed by atoms with Gasteiger partial charge in [-0.25, -0.2) is 0 Å². The predicted molar refractivity (Wildman–Crippen MR) is 39.8 cm³/mol. The number of carbonyl (C=O) groups excluding carboxylic acids is 1. The highest BCUT2D eigenvalue weighted by Gasteiger charge is 1.90. The van der Waals surface area contributed by atoms with Crippen LogP contribution in [0.5, 0.6) is 0 Å². The minimum Gasteiger partial charge on any atom is -0.267 e. The fourth-order valence-corrected chi connectivity index (χ4v) is 0.343. The van der Waals surface area contributed by atoms with Crippen LogP contribution in [-0.4, -0.2) is 5.12 Å². The van der Waals surface area contributed by atoms with Crippen LogP contribution in [-0.2, 0) is 4.79 Å². The second-order valence-electron chi connectivity index (χ2n) is 1.87. The van der Waals surface area contributed by atoms with Crippen LogP contribution >= 0.6 is 12.6 Å². The van der Waals surface area contributed by atoms with Gasteiger partial charge in [0.2, 0.25) is 0 Å². The highest BCUT2D eigenvalue weighted by atomic mass is 32.1. The molecular formula is C7H9OS. The lowest BCUT2D eigenvalue weighted by molar-refractivity contribution is -0.106. The minimum absolute atomic E-state index is 0.289. The Morgan fingerprint density at radius 3 is 2.67 bits per heavy atom. The van der Waals surface area contributed by atoms with E-state index in [0.29, 0.717) is 0 Å². The maximum absolute atomic E-state index is 10.1. The zero-order valence-corrected chi connectivity index (χ0v) is 6.42. The summed E-state index contributed by atoms with van der Waals surface area (Å²) in [6, 6.07) is 0. The molecule has 0 heterocycles. The van der Waals surface area contributed by atoms with Crippen molar-refractivity contribution in [2.75, 3.05) is 0 Å². The lowest BCUT2D eigenvalue weighted by Crippen LogP contribution is -1.86. The summed E-state index contributed by atoms with van der Waals surface area (Å²) >= 11 is 4.23. The quantitative estimate of drug-likeness (QED) is 0.508. The van der Waals surface area contributed by atoms with E-state index in [4.69, 9.17) is 0 Å². The van der Waals surface area contributed by atoms with Crippen molar-refractivity contribution in [3.8, 4) is 11.8 Å². The van der Waals surface area contributed by atoms with Crippen LogP contribution in [0.4, 0.5) is 0 Å². The molecule has 9 heavy (non-hydrogen) atoms. The molecule has 1 radical (unpaired) electrons. The van der Waals surface area contributed by atoms with Gasteiger partial charge in [0.05, 0.1) is 0 Å². The molecule has 0 amide bonds. The molecule has 1 nitrogen and oxygen atoms in total. The first-order chi connectivity index (χ1) is 4.16. The zero-order chi connectivity index (χ0) is 7.28. The van der Waals surface area contributed by atoms with Crippen molar-refractivity contribution in [1.29, 1.82) is 0 Å². The molecule has 0 spiro atoms. The zero-order valence-electron chi connectivity index (χ0n) is 5.60. The molecule has 0 bridgehead atoms. The molecule has 0 aliphatic rings. The Morgan fingerprint density at radius 2 is 2.33 bits per heavy atom. The van der Waals surface area contributed by atoms with Crippen molar-refractivity contribution in [2.45, 2.75) is 20.3 Å². The Kier molecular flexibility index (Phi) is 4.08. The van der Waals surface area contributed by atoms with Gasteiger partial charge in [-0.3, -0.25) is 4.79 Å². The molecule has 2 heteroatoms. The molecule has 0 aromatic heterocycles. The molecule has 1 atom stereocenters. The first-order valence-electron chi connectivity index (χ1n) is 2.89. The van der Waals surface area contributed by atoms with Crippen molar-refractivity contribution in [1.82, 2.24) is 0 Å². The van der Waals surface area contributed by atoms with Crippen molar-refractivity contribution in [3.63, 3.8) is 0 Å². The van der Waals surface area contributed by atoms with Gasteiger partial charge in [-0.1, -0.05) is 19.8 Å². The molecule has 0 aliphatic carbocycles. The van der Waals surface area contributed by atoms with E-state index < -0.39 is 5.12 Å². The number of hydrogen-bond acceptors (Lipinski definition) is 1. The Balaban J connectivity index is 3.72. The standard InChI is InChI=1S/C7H9OS/c1-3-6(2)4-5-7(8)9/h6H,3H2,1-2H3. The Morgan fingerprint density at radius 1 is 1.78 bits per heavy atom.